The van der Waals surface area contributed by atoms with Crippen LogP contribution in [0.25, 0.3) is 0 Å². The van der Waals surface area contributed by atoms with Crippen molar-refractivity contribution >= 4 is 5.97 Å². The molecule has 2 atom stereocenters. The van der Waals surface area contributed by atoms with Crippen LogP contribution >= 0.6 is 0 Å². The van der Waals surface area contributed by atoms with Gasteiger partial charge in [0.25, 0.3) is 0 Å². The van der Waals surface area contributed by atoms with Gasteiger partial charge in [0.05, 0.1) is 0 Å². The number of fused-ring (bicyclic) bond motifs is 1. The first-order valence-corrected chi connectivity index (χ1v) is 7.11. The highest BCUT2D eigenvalue weighted by atomic mass is 16.5. The van der Waals surface area contributed by atoms with Gasteiger partial charge in [-0.1, -0.05) is 38.1 Å². The van der Waals surface area contributed by atoms with Gasteiger partial charge in [0.2, 0.25) is 0 Å². The van der Waals surface area contributed by atoms with E-state index in [1.807, 2.05) is 12.1 Å². The minimum Gasteiger partial charge on any atom is -0.456 e. The van der Waals surface area contributed by atoms with Gasteiger partial charge in [0.1, 0.15) is 12.1 Å². The number of rotatable bonds is 4. The molecule has 0 amide bonds. The SMILES string of the molecule is CC(C)CC(N)C(=O)OC1CCCc2ccccc21. The van der Waals surface area contributed by atoms with E-state index in [1.165, 1.54) is 5.56 Å². The third kappa shape index (κ3) is 3.57. The highest BCUT2D eigenvalue weighted by Crippen LogP contribution is 2.32. The molecule has 0 saturated heterocycles. The Kier molecular flexibility index (Phi) is 4.59. The summed E-state index contributed by atoms with van der Waals surface area (Å²) in [6.45, 7) is 4.12. The fourth-order valence-electron chi connectivity index (χ4n) is 2.66. The first kappa shape index (κ1) is 14.1. The Morgan fingerprint density at radius 3 is 2.89 bits per heavy atom. The van der Waals surface area contributed by atoms with Crippen LogP contribution in [-0.4, -0.2) is 12.0 Å². The topological polar surface area (TPSA) is 52.3 Å². The molecule has 19 heavy (non-hydrogen) atoms. The zero-order valence-corrected chi connectivity index (χ0v) is 11.8. The molecule has 2 rings (SSSR count). The molecule has 2 N–H and O–H groups in total. The molecule has 0 spiro atoms. The number of hydrogen-bond acceptors (Lipinski definition) is 3. The van der Waals surface area contributed by atoms with Crippen LogP contribution in [0.2, 0.25) is 0 Å². The highest BCUT2D eigenvalue weighted by Gasteiger charge is 2.25. The predicted molar refractivity (Wildman–Crippen MR) is 75.6 cm³/mol. The van der Waals surface area contributed by atoms with Gasteiger partial charge in [0, 0.05) is 0 Å². The van der Waals surface area contributed by atoms with Crippen LogP contribution in [0, 0.1) is 5.92 Å². The van der Waals surface area contributed by atoms with Crippen LogP contribution in [0.15, 0.2) is 24.3 Å². The Hall–Kier alpha value is -1.35. The number of hydrogen-bond donors (Lipinski definition) is 1. The fourth-order valence-corrected chi connectivity index (χ4v) is 2.66. The van der Waals surface area contributed by atoms with E-state index in [0.29, 0.717) is 12.3 Å². The average Bonchev–Trinajstić information content (AvgIpc) is 2.38. The van der Waals surface area contributed by atoms with Gasteiger partial charge in [-0.2, -0.15) is 0 Å². The average molecular weight is 261 g/mol. The van der Waals surface area contributed by atoms with Crippen molar-refractivity contribution in [1.82, 2.24) is 0 Å². The van der Waals surface area contributed by atoms with Gasteiger partial charge in [-0.05, 0) is 42.7 Å². The number of aryl methyl sites for hydroxylation is 1. The van der Waals surface area contributed by atoms with Gasteiger partial charge in [-0.25, -0.2) is 0 Å². The molecule has 0 aromatic heterocycles. The van der Waals surface area contributed by atoms with Crippen molar-refractivity contribution < 1.29 is 9.53 Å². The fraction of sp³-hybridized carbons (Fsp3) is 0.562. The maximum Gasteiger partial charge on any atom is 0.323 e. The molecule has 1 aromatic rings. The number of benzene rings is 1. The summed E-state index contributed by atoms with van der Waals surface area (Å²) in [5, 5.41) is 0. The lowest BCUT2D eigenvalue weighted by atomic mass is 9.89. The second-order valence-corrected chi connectivity index (χ2v) is 5.75. The zero-order chi connectivity index (χ0) is 13.8. The number of esters is 1. The van der Waals surface area contributed by atoms with Crippen molar-refractivity contribution in [3.05, 3.63) is 35.4 Å². The molecule has 0 aliphatic heterocycles. The molecule has 0 fully saturated rings. The van der Waals surface area contributed by atoms with Gasteiger partial charge in [0.15, 0.2) is 0 Å². The predicted octanol–water partition coefficient (Wildman–Crippen LogP) is 2.98. The molecule has 0 heterocycles. The van der Waals surface area contributed by atoms with E-state index >= 15 is 0 Å². The van der Waals surface area contributed by atoms with Crippen LogP contribution in [-0.2, 0) is 16.0 Å². The van der Waals surface area contributed by atoms with Crippen LogP contribution in [0.4, 0.5) is 0 Å². The smallest absolute Gasteiger partial charge is 0.323 e. The molecule has 104 valence electrons. The Morgan fingerprint density at radius 1 is 1.42 bits per heavy atom. The number of carbonyl (C=O) groups is 1. The molecule has 1 aromatic carbocycles. The summed E-state index contributed by atoms with van der Waals surface area (Å²) >= 11 is 0. The standard InChI is InChI=1S/C16H23NO2/c1-11(2)10-14(17)16(18)19-15-9-5-7-12-6-3-4-8-13(12)15/h3-4,6,8,11,14-15H,5,7,9-10,17H2,1-2H3. The Balaban J connectivity index is 2.02. The van der Waals surface area contributed by atoms with E-state index < -0.39 is 6.04 Å². The maximum absolute atomic E-state index is 12.0. The first-order valence-electron chi connectivity index (χ1n) is 7.11. The summed E-state index contributed by atoms with van der Waals surface area (Å²) < 4.78 is 5.62. The van der Waals surface area contributed by atoms with Gasteiger partial charge >= 0.3 is 5.97 Å². The maximum atomic E-state index is 12.0. The second kappa shape index (κ2) is 6.20. The molecule has 2 unspecified atom stereocenters. The lowest BCUT2D eigenvalue weighted by molar-refractivity contribution is -0.152. The number of ether oxygens (including phenoxy) is 1. The third-order valence-corrected chi connectivity index (χ3v) is 3.60. The monoisotopic (exact) mass is 261 g/mol. The number of carbonyl (C=O) groups excluding carboxylic acids is 1. The highest BCUT2D eigenvalue weighted by molar-refractivity contribution is 5.75. The molecule has 0 radical (unpaired) electrons. The van der Waals surface area contributed by atoms with Crippen molar-refractivity contribution in [2.24, 2.45) is 11.7 Å². The Labute approximate surface area is 115 Å². The zero-order valence-electron chi connectivity index (χ0n) is 11.8. The second-order valence-electron chi connectivity index (χ2n) is 5.75. The first-order chi connectivity index (χ1) is 9.08. The Bertz CT molecular complexity index is 442. The van der Waals surface area contributed by atoms with Gasteiger partial charge < -0.3 is 10.5 Å². The van der Waals surface area contributed by atoms with Gasteiger partial charge in [-0.3, -0.25) is 4.79 Å². The summed E-state index contributed by atoms with van der Waals surface area (Å²) in [7, 11) is 0. The summed E-state index contributed by atoms with van der Waals surface area (Å²) in [5.74, 6) is 0.136. The lowest BCUT2D eigenvalue weighted by Gasteiger charge is -2.26. The summed E-state index contributed by atoms with van der Waals surface area (Å²) in [5.41, 5.74) is 8.33. The van der Waals surface area contributed by atoms with Crippen molar-refractivity contribution in [2.75, 3.05) is 0 Å². The van der Waals surface area contributed by atoms with Crippen LogP contribution < -0.4 is 5.73 Å². The third-order valence-electron chi connectivity index (χ3n) is 3.60. The molecular weight excluding hydrogens is 238 g/mol. The van der Waals surface area contributed by atoms with E-state index in [2.05, 4.69) is 26.0 Å². The van der Waals surface area contributed by atoms with Crippen LogP contribution in [0.1, 0.15) is 50.3 Å². The molecule has 1 aliphatic rings. The summed E-state index contributed by atoms with van der Waals surface area (Å²) in [6.07, 6.45) is 3.59. The van der Waals surface area contributed by atoms with E-state index in [-0.39, 0.29) is 12.1 Å². The summed E-state index contributed by atoms with van der Waals surface area (Å²) in [4.78, 5) is 12.0. The molecule has 1 aliphatic carbocycles. The van der Waals surface area contributed by atoms with E-state index in [9.17, 15) is 4.79 Å². The van der Waals surface area contributed by atoms with E-state index in [4.69, 9.17) is 10.5 Å². The van der Waals surface area contributed by atoms with Gasteiger partial charge in [-0.15, -0.1) is 0 Å². The molecule has 0 bridgehead atoms. The molecular formula is C16H23NO2. The molecule has 3 heteroatoms. The molecule has 0 saturated carbocycles. The lowest BCUT2D eigenvalue weighted by Crippen LogP contribution is -2.34. The van der Waals surface area contributed by atoms with Crippen molar-refractivity contribution in [2.45, 2.75) is 51.7 Å². The Morgan fingerprint density at radius 2 is 2.16 bits per heavy atom. The largest absolute Gasteiger partial charge is 0.456 e. The van der Waals surface area contributed by atoms with E-state index in [1.54, 1.807) is 0 Å². The van der Waals surface area contributed by atoms with Crippen molar-refractivity contribution in [1.29, 1.82) is 0 Å². The normalized spacial score (nSPS) is 19.9. The van der Waals surface area contributed by atoms with Crippen LogP contribution in [0.5, 0.6) is 0 Å². The van der Waals surface area contributed by atoms with Crippen molar-refractivity contribution in [3.63, 3.8) is 0 Å². The minimum atomic E-state index is -0.505. The van der Waals surface area contributed by atoms with Crippen LogP contribution in [0.3, 0.4) is 0 Å². The van der Waals surface area contributed by atoms with E-state index in [0.717, 1.165) is 24.8 Å². The summed E-state index contributed by atoms with van der Waals surface area (Å²) in [6, 6.07) is 7.70. The number of nitrogens with two attached hydrogens (primary N) is 1. The minimum absolute atomic E-state index is 0.115. The molecule has 3 nitrogen and oxygen atoms in total. The quantitative estimate of drug-likeness (QED) is 0.848. The van der Waals surface area contributed by atoms with Crippen molar-refractivity contribution in [3.8, 4) is 0 Å².